The zero-order valence-corrected chi connectivity index (χ0v) is 4.53. The van der Waals surface area contributed by atoms with Gasteiger partial charge >= 0.3 is 0 Å². The van der Waals surface area contributed by atoms with Gasteiger partial charge in [-0.25, -0.2) is 5.06 Å². The lowest BCUT2D eigenvalue weighted by Gasteiger charge is -2.07. The first-order chi connectivity index (χ1) is 3.85. The molecule has 0 aromatic heterocycles. The fraction of sp³-hybridized carbons (Fsp3) is 0.500. The Bertz CT molecular complexity index is 83.4. The Hall–Kier alpha value is -0.900. The van der Waals surface area contributed by atoms with Crippen molar-refractivity contribution in [2.45, 2.75) is 0 Å². The zero-order chi connectivity index (χ0) is 6.41. The Kier molecular flexibility index (Phi) is 3.78. The van der Waals surface area contributed by atoms with Crippen molar-refractivity contribution in [2.24, 2.45) is 0 Å². The van der Waals surface area contributed by atoms with Crippen LogP contribution in [0, 0.1) is 0 Å². The first kappa shape index (κ1) is 7.10. The average Bonchev–Trinajstić information content (AvgIpc) is 1.83. The molecule has 0 N–H and O–H groups in total. The van der Waals surface area contributed by atoms with Gasteiger partial charge < -0.3 is 4.79 Å². The largest absolute Gasteiger partial charge is 0.301 e. The molecule has 0 saturated heterocycles. The van der Waals surface area contributed by atoms with E-state index >= 15 is 0 Å². The lowest BCUT2D eigenvalue weighted by atomic mass is 10.7. The lowest BCUT2D eigenvalue weighted by Crippen LogP contribution is -2.22. The van der Waals surface area contributed by atoms with Gasteiger partial charge in [0.1, 0.15) is 12.8 Å². The van der Waals surface area contributed by atoms with Crippen molar-refractivity contribution < 1.29 is 14.4 Å². The number of rotatable bonds is 4. The second kappa shape index (κ2) is 4.26. The first-order valence-electron chi connectivity index (χ1n) is 2.04. The summed E-state index contributed by atoms with van der Waals surface area (Å²) in [5, 5.41) is 0.882. The van der Waals surface area contributed by atoms with Crippen molar-refractivity contribution in [3.8, 4) is 0 Å². The van der Waals surface area contributed by atoms with E-state index in [1.165, 1.54) is 7.11 Å². The van der Waals surface area contributed by atoms with Gasteiger partial charge in [0.2, 0.25) is 6.41 Å². The van der Waals surface area contributed by atoms with Gasteiger partial charge in [-0.3, -0.25) is 9.63 Å². The number of nitrogens with zero attached hydrogens (tertiary/aromatic N) is 1. The predicted molar refractivity (Wildman–Crippen MR) is 25.8 cm³/mol. The van der Waals surface area contributed by atoms with Gasteiger partial charge in [-0.2, -0.15) is 0 Å². The minimum Gasteiger partial charge on any atom is -0.301 e. The van der Waals surface area contributed by atoms with Crippen LogP contribution < -0.4 is 0 Å². The van der Waals surface area contributed by atoms with E-state index < -0.39 is 0 Å². The number of hydroxylamine groups is 2. The van der Waals surface area contributed by atoms with Crippen LogP contribution in [0.1, 0.15) is 0 Å². The van der Waals surface area contributed by atoms with Crippen LogP contribution in [0.25, 0.3) is 0 Å². The summed E-state index contributed by atoms with van der Waals surface area (Å²) >= 11 is 0. The molecule has 0 heterocycles. The van der Waals surface area contributed by atoms with Crippen molar-refractivity contribution in [3.05, 3.63) is 0 Å². The first-order valence-corrected chi connectivity index (χ1v) is 2.04. The molecule has 0 aromatic carbocycles. The van der Waals surface area contributed by atoms with Crippen LogP contribution in [0.2, 0.25) is 0 Å². The number of hydrogen-bond acceptors (Lipinski definition) is 3. The van der Waals surface area contributed by atoms with Crippen LogP contribution in [0.3, 0.4) is 0 Å². The summed E-state index contributed by atoms with van der Waals surface area (Å²) in [7, 11) is 1.32. The highest BCUT2D eigenvalue weighted by Gasteiger charge is 1.93. The maximum atomic E-state index is 9.77. The molecule has 0 unspecified atom stereocenters. The number of aldehydes is 1. The predicted octanol–water partition coefficient (Wildman–Crippen LogP) is -0.795. The van der Waals surface area contributed by atoms with Crippen molar-refractivity contribution in [3.63, 3.8) is 0 Å². The van der Waals surface area contributed by atoms with E-state index in [4.69, 9.17) is 0 Å². The molecule has 0 fully saturated rings. The van der Waals surface area contributed by atoms with Crippen molar-refractivity contribution in [1.82, 2.24) is 5.06 Å². The molecule has 8 heavy (non-hydrogen) atoms. The van der Waals surface area contributed by atoms with Crippen LogP contribution in [0.4, 0.5) is 0 Å². The second-order valence-corrected chi connectivity index (χ2v) is 1.05. The quantitative estimate of drug-likeness (QED) is 0.358. The molecule has 0 rings (SSSR count). The van der Waals surface area contributed by atoms with E-state index in [1.54, 1.807) is 0 Å². The summed E-state index contributed by atoms with van der Waals surface area (Å²) in [6, 6.07) is 0. The Balaban J connectivity index is 3.35. The van der Waals surface area contributed by atoms with Gasteiger partial charge in [0.25, 0.3) is 0 Å². The number of carbonyl (C=O) groups excluding carboxylic acids is 2. The lowest BCUT2D eigenvalue weighted by molar-refractivity contribution is -0.162. The topological polar surface area (TPSA) is 46.6 Å². The van der Waals surface area contributed by atoms with Gasteiger partial charge in [0.05, 0.1) is 7.11 Å². The summed E-state index contributed by atoms with van der Waals surface area (Å²) in [5.41, 5.74) is 0. The van der Waals surface area contributed by atoms with Gasteiger partial charge in [-0.05, 0) is 0 Å². The standard InChI is InChI=1S/C4H7NO3/c1-8-5(4-7)2-3-6/h3-4H,2H2,1H3. The van der Waals surface area contributed by atoms with E-state index in [0.717, 1.165) is 5.06 Å². The molecule has 1 amide bonds. The molecular formula is C4H7NO3. The number of hydrogen-bond donors (Lipinski definition) is 0. The van der Waals surface area contributed by atoms with E-state index in [0.29, 0.717) is 12.7 Å². The monoisotopic (exact) mass is 117 g/mol. The number of carbonyl (C=O) groups is 2. The Morgan fingerprint density at radius 1 is 1.62 bits per heavy atom. The van der Waals surface area contributed by atoms with Crippen molar-refractivity contribution >= 4 is 12.7 Å². The molecule has 0 radical (unpaired) electrons. The molecule has 0 aliphatic carbocycles. The van der Waals surface area contributed by atoms with Crippen LogP contribution in [0.15, 0.2) is 0 Å². The van der Waals surface area contributed by atoms with Crippen LogP contribution >= 0.6 is 0 Å². The summed E-state index contributed by atoms with van der Waals surface area (Å²) < 4.78 is 0. The Labute approximate surface area is 47.0 Å². The van der Waals surface area contributed by atoms with Gasteiger partial charge in [0.15, 0.2) is 0 Å². The van der Waals surface area contributed by atoms with Crippen LogP contribution in [-0.2, 0) is 14.4 Å². The van der Waals surface area contributed by atoms with E-state index in [-0.39, 0.29) is 6.54 Å². The third kappa shape index (κ3) is 2.30. The third-order valence-corrected chi connectivity index (χ3v) is 0.607. The molecule has 0 aliphatic heterocycles. The fourth-order valence-electron chi connectivity index (χ4n) is 0.234. The molecular weight excluding hydrogens is 110 g/mol. The maximum absolute atomic E-state index is 9.77. The molecule has 0 bridgehead atoms. The molecule has 46 valence electrons. The van der Waals surface area contributed by atoms with Gasteiger partial charge in [-0.15, -0.1) is 0 Å². The minimum absolute atomic E-state index is 0.0139. The zero-order valence-electron chi connectivity index (χ0n) is 4.53. The van der Waals surface area contributed by atoms with E-state index in [1.807, 2.05) is 0 Å². The van der Waals surface area contributed by atoms with Gasteiger partial charge in [-0.1, -0.05) is 0 Å². The van der Waals surface area contributed by atoms with Crippen LogP contribution in [0.5, 0.6) is 0 Å². The normalized spacial score (nSPS) is 8.12. The van der Waals surface area contributed by atoms with Gasteiger partial charge in [0, 0.05) is 0 Å². The molecule has 4 nitrogen and oxygen atoms in total. The highest BCUT2D eigenvalue weighted by atomic mass is 16.7. The molecule has 4 heteroatoms. The maximum Gasteiger partial charge on any atom is 0.233 e. The molecule has 0 atom stereocenters. The smallest absolute Gasteiger partial charge is 0.233 e. The SMILES string of the molecule is CON(C=O)CC=O. The van der Waals surface area contributed by atoms with E-state index in [2.05, 4.69) is 4.84 Å². The molecule has 0 saturated carbocycles. The summed E-state index contributed by atoms with van der Waals surface area (Å²) in [6.45, 7) is -0.0139. The minimum atomic E-state index is -0.0139. The van der Waals surface area contributed by atoms with E-state index in [9.17, 15) is 9.59 Å². The Morgan fingerprint density at radius 3 is 2.38 bits per heavy atom. The van der Waals surface area contributed by atoms with Crippen molar-refractivity contribution in [2.75, 3.05) is 13.7 Å². The molecule has 0 aliphatic rings. The fourth-order valence-corrected chi connectivity index (χ4v) is 0.234. The molecule has 0 spiro atoms. The van der Waals surface area contributed by atoms with Crippen LogP contribution in [-0.4, -0.2) is 31.4 Å². The third-order valence-electron chi connectivity index (χ3n) is 0.607. The summed E-state index contributed by atoms with van der Waals surface area (Å²) in [6.07, 6.45) is 1.02. The molecule has 0 aromatic rings. The van der Waals surface area contributed by atoms with Crippen molar-refractivity contribution in [1.29, 1.82) is 0 Å². The summed E-state index contributed by atoms with van der Waals surface area (Å²) in [5.74, 6) is 0. The highest BCUT2D eigenvalue weighted by molar-refractivity contribution is 5.57. The highest BCUT2D eigenvalue weighted by Crippen LogP contribution is 1.75. The Morgan fingerprint density at radius 2 is 2.25 bits per heavy atom. The average molecular weight is 117 g/mol. The second-order valence-electron chi connectivity index (χ2n) is 1.05. The summed E-state index contributed by atoms with van der Waals surface area (Å²) in [4.78, 5) is 23.8. The number of amides is 1.